The molecule has 0 amide bonds. The van der Waals surface area contributed by atoms with Gasteiger partial charge in [-0.2, -0.15) is 8.78 Å². The van der Waals surface area contributed by atoms with Crippen molar-refractivity contribution >= 4 is 31.9 Å². The Kier molecular flexibility index (Phi) is 2.94. The van der Waals surface area contributed by atoms with Gasteiger partial charge in [0.1, 0.15) is 0 Å². The Balaban J connectivity index is 3.68. The summed E-state index contributed by atoms with van der Waals surface area (Å²) in [6, 6.07) is 0. The van der Waals surface area contributed by atoms with Crippen LogP contribution in [0.3, 0.4) is 0 Å². The third kappa shape index (κ3) is 2.78. The first-order chi connectivity index (χ1) is 2.64. The summed E-state index contributed by atoms with van der Waals surface area (Å²) in [6.07, 6.45) is 0. The first-order valence-electron chi connectivity index (χ1n) is 1.01. The lowest BCUT2D eigenvalue weighted by Crippen LogP contribution is -1.50. The van der Waals surface area contributed by atoms with Crippen molar-refractivity contribution in [1.29, 1.82) is 0 Å². The van der Waals surface area contributed by atoms with Crippen molar-refractivity contribution in [2.75, 3.05) is 0 Å². The van der Waals surface area contributed by atoms with Crippen LogP contribution in [0.25, 0.3) is 0 Å². The van der Waals surface area contributed by atoms with Crippen molar-refractivity contribution in [3.8, 4) is 0 Å². The lowest BCUT2D eigenvalue weighted by molar-refractivity contribution is 0.623. The SMILES string of the molecule is F/C(Br)=C(/F)Br. The Labute approximate surface area is 50.5 Å². The van der Waals surface area contributed by atoms with Crippen LogP contribution in [0.4, 0.5) is 8.78 Å². The van der Waals surface area contributed by atoms with E-state index in [9.17, 15) is 8.78 Å². The Hall–Kier alpha value is 0.560. The van der Waals surface area contributed by atoms with Crippen LogP contribution in [-0.4, -0.2) is 0 Å². The van der Waals surface area contributed by atoms with E-state index in [1.54, 1.807) is 0 Å². The average molecular weight is 222 g/mol. The molecule has 0 atom stereocenters. The molecule has 0 fully saturated rings. The van der Waals surface area contributed by atoms with Crippen molar-refractivity contribution in [3.05, 3.63) is 9.47 Å². The zero-order chi connectivity index (χ0) is 5.15. The first kappa shape index (κ1) is 6.56. The summed E-state index contributed by atoms with van der Waals surface area (Å²) in [6.45, 7) is 0. The van der Waals surface area contributed by atoms with Gasteiger partial charge in [0.2, 0.25) is 9.47 Å². The zero-order valence-electron chi connectivity index (χ0n) is 2.51. The quantitative estimate of drug-likeness (QED) is 0.590. The van der Waals surface area contributed by atoms with E-state index in [-0.39, 0.29) is 0 Å². The number of hydrogen-bond acceptors (Lipinski definition) is 0. The van der Waals surface area contributed by atoms with Crippen molar-refractivity contribution in [2.45, 2.75) is 0 Å². The minimum absolute atomic E-state index is 1.01. The summed E-state index contributed by atoms with van der Waals surface area (Å²) in [7, 11) is 0. The normalized spacial score (nSPS) is 14.0. The molecule has 0 bridgehead atoms. The Morgan fingerprint density at radius 1 is 1.00 bits per heavy atom. The summed E-state index contributed by atoms with van der Waals surface area (Å²) in [5.74, 6) is 0. The van der Waals surface area contributed by atoms with Crippen LogP contribution in [0, 0.1) is 0 Å². The predicted molar refractivity (Wildman–Crippen MR) is 27.1 cm³/mol. The van der Waals surface area contributed by atoms with Crippen molar-refractivity contribution in [1.82, 2.24) is 0 Å². The molecule has 0 aliphatic rings. The van der Waals surface area contributed by atoms with Gasteiger partial charge in [-0.3, -0.25) is 0 Å². The molecule has 0 N–H and O–H groups in total. The molecule has 4 heteroatoms. The maximum atomic E-state index is 11.2. The molecule has 0 spiro atoms. The van der Waals surface area contributed by atoms with E-state index in [0.29, 0.717) is 0 Å². The van der Waals surface area contributed by atoms with Gasteiger partial charge in [0.15, 0.2) is 0 Å². The first-order valence-corrected chi connectivity index (χ1v) is 2.59. The fourth-order valence-electron chi connectivity index (χ4n) is 0. The smallest absolute Gasteiger partial charge is 0.195 e. The van der Waals surface area contributed by atoms with Gasteiger partial charge >= 0.3 is 0 Å². The fraction of sp³-hybridized carbons (Fsp3) is 0. The molecule has 6 heavy (non-hydrogen) atoms. The molecular weight excluding hydrogens is 222 g/mol. The summed E-state index contributed by atoms with van der Waals surface area (Å²) < 4.78 is 20.4. The number of hydrogen-bond donors (Lipinski definition) is 0. The highest BCUT2D eigenvalue weighted by Gasteiger charge is 1.91. The highest BCUT2D eigenvalue weighted by Crippen LogP contribution is 2.18. The van der Waals surface area contributed by atoms with E-state index in [2.05, 4.69) is 31.9 Å². The summed E-state index contributed by atoms with van der Waals surface area (Å²) in [4.78, 5) is 0. The van der Waals surface area contributed by atoms with E-state index >= 15 is 0 Å². The van der Waals surface area contributed by atoms with Crippen LogP contribution in [-0.2, 0) is 0 Å². The summed E-state index contributed by atoms with van der Waals surface area (Å²) in [5, 5.41) is 0. The second-order valence-electron chi connectivity index (χ2n) is 0.521. The average Bonchev–Trinajstić information content (AvgIpc) is 1.36. The fourth-order valence-corrected chi connectivity index (χ4v) is 0. The molecule has 0 saturated heterocycles. The highest BCUT2D eigenvalue weighted by atomic mass is 79.9. The maximum absolute atomic E-state index is 11.2. The van der Waals surface area contributed by atoms with E-state index in [1.165, 1.54) is 0 Å². The minimum atomic E-state index is -1.01. The Morgan fingerprint density at radius 3 is 1.17 bits per heavy atom. The molecule has 0 unspecified atom stereocenters. The lowest BCUT2D eigenvalue weighted by atomic mass is 11.2. The van der Waals surface area contributed by atoms with Gasteiger partial charge in [-0.1, -0.05) is 0 Å². The van der Waals surface area contributed by atoms with Gasteiger partial charge < -0.3 is 0 Å². The second-order valence-corrected chi connectivity index (χ2v) is 1.91. The van der Waals surface area contributed by atoms with Crippen molar-refractivity contribution in [2.24, 2.45) is 0 Å². The molecule has 0 saturated carbocycles. The molecule has 0 aromatic heterocycles. The number of halogens is 4. The van der Waals surface area contributed by atoms with Gasteiger partial charge in [0.05, 0.1) is 0 Å². The van der Waals surface area contributed by atoms with E-state index in [0.717, 1.165) is 0 Å². The predicted octanol–water partition coefficient (Wildman–Crippen LogP) is 2.84. The van der Waals surface area contributed by atoms with Crippen molar-refractivity contribution < 1.29 is 8.78 Å². The van der Waals surface area contributed by atoms with E-state index in [1.807, 2.05) is 0 Å². The van der Waals surface area contributed by atoms with Gasteiger partial charge in [0.25, 0.3) is 0 Å². The molecule has 0 rings (SSSR count). The van der Waals surface area contributed by atoms with Crippen LogP contribution in [0.5, 0.6) is 0 Å². The minimum Gasteiger partial charge on any atom is -0.195 e. The summed E-state index contributed by atoms with van der Waals surface area (Å²) in [5.41, 5.74) is 0. The van der Waals surface area contributed by atoms with Crippen LogP contribution in [0.1, 0.15) is 0 Å². The topological polar surface area (TPSA) is 0 Å². The molecular formula is C2Br2F2. The zero-order valence-corrected chi connectivity index (χ0v) is 5.68. The molecule has 0 nitrogen and oxygen atoms in total. The Bertz CT molecular complexity index is 59.6. The molecule has 0 aliphatic heterocycles. The largest absolute Gasteiger partial charge is 0.208 e. The molecule has 0 aliphatic carbocycles. The molecule has 0 aromatic rings. The Morgan fingerprint density at radius 2 is 1.17 bits per heavy atom. The summed E-state index contributed by atoms with van der Waals surface area (Å²) >= 11 is 4.46. The molecule has 36 valence electrons. The van der Waals surface area contributed by atoms with Crippen LogP contribution in [0.15, 0.2) is 9.47 Å². The van der Waals surface area contributed by atoms with Gasteiger partial charge in [0, 0.05) is 0 Å². The third-order valence-electron chi connectivity index (χ3n) is 0.143. The monoisotopic (exact) mass is 220 g/mol. The molecule has 0 aromatic carbocycles. The number of rotatable bonds is 0. The van der Waals surface area contributed by atoms with Crippen LogP contribution in [0.2, 0.25) is 0 Å². The third-order valence-corrected chi connectivity index (χ3v) is 1.37. The van der Waals surface area contributed by atoms with Gasteiger partial charge in [-0.05, 0) is 31.9 Å². The molecule has 0 radical (unpaired) electrons. The van der Waals surface area contributed by atoms with E-state index < -0.39 is 9.47 Å². The lowest BCUT2D eigenvalue weighted by Gasteiger charge is -1.73. The maximum Gasteiger partial charge on any atom is 0.208 e. The van der Waals surface area contributed by atoms with Gasteiger partial charge in [-0.25, -0.2) is 0 Å². The van der Waals surface area contributed by atoms with E-state index in [4.69, 9.17) is 0 Å². The van der Waals surface area contributed by atoms with Gasteiger partial charge in [-0.15, -0.1) is 0 Å². The van der Waals surface area contributed by atoms with Crippen LogP contribution >= 0.6 is 31.9 Å². The van der Waals surface area contributed by atoms with Crippen molar-refractivity contribution in [3.63, 3.8) is 0 Å². The molecule has 0 heterocycles. The highest BCUT2D eigenvalue weighted by molar-refractivity contribution is 9.14. The van der Waals surface area contributed by atoms with Crippen LogP contribution < -0.4 is 0 Å². The standard InChI is InChI=1S/C2Br2F2/c3-1(5)2(4)6/b2-1+. The second kappa shape index (κ2) is 2.69.